The molecule has 0 saturated carbocycles. The van der Waals surface area contributed by atoms with Gasteiger partial charge in [-0.1, -0.05) is 0 Å². The standard InChI is InChI=1S/C22H21N5O3/c1-28-20-5-16-15-4-18(12-3-14(9-24-7-12)30-11-13-8-25-13)27-22(23)17(15)10-26-19(16)6-21(20)29-2/h3-7,9-10,13,25H,8,11H2,1-2H3,(H2,23,27)/t13-/m1/s1. The maximum absolute atomic E-state index is 6.29. The fourth-order valence-corrected chi connectivity index (χ4v) is 3.44. The summed E-state index contributed by atoms with van der Waals surface area (Å²) in [6.07, 6.45) is 5.19. The van der Waals surface area contributed by atoms with Gasteiger partial charge in [0.25, 0.3) is 0 Å². The van der Waals surface area contributed by atoms with Gasteiger partial charge in [-0.2, -0.15) is 0 Å². The predicted octanol–water partition coefficient (Wildman–Crippen LogP) is 2.80. The molecule has 5 rings (SSSR count). The highest BCUT2D eigenvalue weighted by molar-refractivity contribution is 6.10. The molecule has 0 aliphatic carbocycles. The predicted molar refractivity (Wildman–Crippen MR) is 115 cm³/mol. The second-order valence-corrected chi connectivity index (χ2v) is 7.16. The molecule has 3 N–H and O–H groups in total. The van der Waals surface area contributed by atoms with Gasteiger partial charge >= 0.3 is 0 Å². The molecule has 8 nitrogen and oxygen atoms in total. The molecule has 1 aliphatic heterocycles. The van der Waals surface area contributed by atoms with Crippen LogP contribution in [0.25, 0.3) is 32.9 Å². The first-order chi connectivity index (χ1) is 14.7. The normalized spacial score (nSPS) is 15.3. The third kappa shape index (κ3) is 3.31. The molecule has 0 amide bonds. The summed E-state index contributed by atoms with van der Waals surface area (Å²) >= 11 is 0. The minimum absolute atomic E-state index is 0.403. The molecular weight excluding hydrogens is 382 g/mol. The quantitative estimate of drug-likeness (QED) is 0.373. The molecular formula is C22H21N5O3. The third-order valence-electron chi connectivity index (χ3n) is 5.17. The number of anilines is 1. The lowest BCUT2D eigenvalue weighted by molar-refractivity contribution is 0.318. The molecule has 30 heavy (non-hydrogen) atoms. The molecule has 0 bridgehead atoms. The van der Waals surface area contributed by atoms with E-state index >= 15 is 0 Å². The fourth-order valence-electron chi connectivity index (χ4n) is 3.44. The van der Waals surface area contributed by atoms with Gasteiger partial charge in [0, 0.05) is 41.3 Å². The lowest BCUT2D eigenvalue weighted by atomic mass is 10.0. The molecule has 8 heteroatoms. The Bertz CT molecular complexity index is 1260. The Labute approximate surface area is 173 Å². The highest BCUT2D eigenvalue weighted by atomic mass is 16.5. The molecule has 3 aromatic heterocycles. The van der Waals surface area contributed by atoms with Crippen molar-refractivity contribution in [2.24, 2.45) is 0 Å². The van der Waals surface area contributed by atoms with Gasteiger partial charge in [-0.3, -0.25) is 9.97 Å². The number of nitrogens with one attached hydrogen (secondary N) is 1. The monoisotopic (exact) mass is 403 g/mol. The largest absolute Gasteiger partial charge is 0.493 e. The summed E-state index contributed by atoms with van der Waals surface area (Å²) in [4.78, 5) is 13.4. The number of hydrogen-bond acceptors (Lipinski definition) is 8. The second kappa shape index (κ2) is 7.31. The average Bonchev–Trinajstić information content (AvgIpc) is 3.61. The first-order valence-electron chi connectivity index (χ1n) is 9.59. The van der Waals surface area contributed by atoms with Gasteiger partial charge in [0.15, 0.2) is 11.5 Å². The van der Waals surface area contributed by atoms with E-state index in [1.54, 1.807) is 32.8 Å². The number of rotatable bonds is 6. The van der Waals surface area contributed by atoms with Crippen LogP contribution in [-0.2, 0) is 0 Å². The number of aromatic nitrogens is 3. The van der Waals surface area contributed by atoms with E-state index in [4.69, 9.17) is 19.9 Å². The van der Waals surface area contributed by atoms with Crippen molar-refractivity contribution in [2.45, 2.75) is 6.04 Å². The van der Waals surface area contributed by atoms with Gasteiger partial charge < -0.3 is 25.3 Å². The van der Waals surface area contributed by atoms with Gasteiger partial charge in [0.1, 0.15) is 18.2 Å². The first kappa shape index (κ1) is 18.4. The van der Waals surface area contributed by atoms with Crippen LogP contribution in [0.4, 0.5) is 5.82 Å². The highest BCUT2D eigenvalue weighted by Gasteiger charge is 2.20. The number of ether oxygens (including phenoxy) is 3. The maximum Gasteiger partial charge on any atom is 0.162 e. The molecule has 0 spiro atoms. The van der Waals surface area contributed by atoms with Gasteiger partial charge in [-0.05, 0) is 23.6 Å². The van der Waals surface area contributed by atoms with E-state index in [0.717, 1.165) is 33.8 Å². The zero-order valence-electron chi connectivity index (χ0n) is 16.7. The smallest absolute Gasteiger partial charge is 0.162 e. The number of benzene rings is 1. The summed E-state index contributed by atoms with van der Waals surface area (Å²) in [6.45, 7) is 1.61. The van der Waals surface area contributed by atoms with Crippen LogP contribution in [0.5, 0.6) is 17.2 Å². The van der Waals surface area contributed by atoms with Gasteiger partial charge in [0.2, 0.25) is 0 Å². The van der Waals surface area contributed by atoms with Crippen LogP contribution in [0.3, 0.4) is 0 Å². The minimum Gasteiger partial charge on any atom is -0.493 e. The summed E-state index contributed by atoms with van der Waals surface area (Å²) in [5.41, 5.74) is 8.61. The maximum atomic E-state index is 6.29. The number of hydrogen-bond donors (Lipinski definition) is 2. The molecule has 1 aliphatic rings. The van der Waals surface area contributed by atoms with Crippen LogP contribution < -0.4 is 25.3 Å². The average molecular weight is 403 g/mol. The van der Waals surface area contributed by atoms with E-state index < -0.39 is 0 Å². The van der Waals surface area contributed by atoms with Crippen molar-refractivity contribution in [1.82, 2.24) is 20.3 Å². The molecule has 4 heterocycles. The Morgan fingerprint density at radius 2 is 1.80 bits per heavy atom. The Kier molecular flexibility index (Phi) is 4.48. The van der Waals surface area contributed by atoms with Crippen molar-refractivity contribution in [3.05, 3.63) is 42.9 Å². The number of fused-ring (bicyclic) bond motifs is 3. The highest BCUT2D eigenvalue weighted by Crippen LogP contribution is 2.37. The molecule has 1 saturated heterocycles. The summed E-state index contributed by atoms with van der Waals surface area (Å²) in [6, 6.07) is 8.11. The lowest BCUT2D eigenvalue weighted by Crippen LogP contribution is -2.07. The Balaban J connectivity index is 1.64. The van der Waals surface area contributed by atoms with Gasteiger partial charge in [-0.25, -0.2) is 4.98 Å². The van der Waals surface area contributed by atoms with Crippen molar-refractivity contribution in [2.75, 3.05) is 33.1 Å². The molecule has 1 atom stereocenters. The third-order valence-corrected chi connectivity index (χ3v) is 5.17. The second-order valence-electron chi connectivity index (χ2n) is 7.16. The van der Waals surface area contributed by atoms with Gasteiger partial charge in [0.05, 0.1) is 37.7 Å². The summed E-state index contributed by atoms with van der Waals surface area (Å²) in [7, 11) is 3.21. The zero-order valence-corrected chi connectivity index (χ0v) is 16.7. The van der Waals surface area contributed by atoms with Crippen molar-refractivity contribution in [3.8, 4) is 28.5 Å². The molecule has 0 radical (unpaired) electrons. The number of methoxy groups -OCH3 is 2. The minimum atomic E-state index is 0.403. The van der Waals surface area contributed by atoms with Crippen LogP contribution in [0, 0.1) is 0 Å². The first-order valence-corrected chi connectivity index (χ1v) is 9.59. The van der Waals surface area contributed by atoms with Crippen LogP contribution in [0.15, 0.2) is 42.9 Å². The van der Waals surface area contributed by atoms with Crippen molar-refractivity contribution in [1.29, 1.82) is 0 Å². The Morgan fingerprint density at radius 3 is 2.57 bits per heavy atom. The summed E-state index contributed by atoms with van der Waals surface area (Å²) < 4.78 is 16.7. The Hall–Kier alpha value is -3.65. The van der Waals surface area contributed by atoms with Crippen LogP contribution >= 0.6 is 0 Å². The van der Waals surface area contributed by atoms with Crippen LogP contribution in [-0.4, -0.2) is 48.4 Å². The number of nitrogens with two attached hydrogens (primary N) is 1. The molecule has 0 unspecified atom stereocenters. The van der Waals surface area contributed by atoms with Crippen molar-refractivity contribution < 1.29 is 14.2 Å². The van der Waals surface area contributed by atoms with Crippen LogP contribution in [0.2, 0.25) is 0 Å². The van der Waals surface area contributed by atoms with E-state index in [-0.39, 0.29) is 0 Å². The number of nitrogen functional groups attached to an aromatic ring is 1. The zero-order chi connectivity index (χ0) is 20.7. The number of nitrogens with zero attached hydrogens (tertiary/aromatic N) is 3. The molecule has 1 fully saturated rings. The van der Waals surface area contributed by atoms with Gasteiger partial charge in [-0.15, -0.1) is 0 Å². The molecule has 152 valence electrons. The lowest BCUT2D eigenvalue weighted by Gasteiger charge is -2.12. The SMILES string of the molecule is COc1cc2ncc3c(N)nc(-c4cncc(OC[C@H]5CN5)c4)cc3c2cc1OC. The van der Waals surface area contributed by atoms with Crippen LogP contribution in [0.1, 0.15) is 0 Å². The van der Waals surface area contributed by atoms with Crippen molar-refractivity contribution >= 4 is 27.5 Å². The number of pyridine rings is 3. The van der Waals surface area contributed by atoms with Crippen molar-refractivity contribution in [3.63, 3.8) is 0 Å². The van der Waals surface area contributed by atoms with E-state index in [9.17, 15) is 0 Å². The summed E-state index contributed by atoms with van der Waals surface area (Å²) in [5.74, 6) is 2.35. The fraction of sp³-hybridized carbons (Fsp3) is 0.227. The van der Waals surface area contributed by atoms with E-state index in [1.165, 1.54) is 0 Å². The van der Waals surface area contributed by atoms with E-state index in [1.807, 2.05) is 24.3 Å². The molecule has 4 aromatic rings. The molecule has 1 aromatic carbocycles. The summed E-state index contributed by atoms with van der Waals surface area (Å²) in [5, 5.41) is 5.82. The Morgan fingerprint density at radius 1 is 1.00 bits per heavy atom. The topological polar surface area (TPSA) is 114 Å². The van der Waals surface area contributed by atoms with E-state index in [0.29, 0.717) is 41.4 Å². The van der Waals surface area contributed by atoms with E-state index in [2.05, 4.69) is 20.3 Å².